The highest BCUT2D eigenvalue weighted by Gasteiger charge is 2.32. The highest BCUT2D eigenvalue weighted by atomic mass is 79.9. The number of nitrogens with zero attached hydrogens (tertiary/aromatic N) is 4. The zero-order chi connectivity index (χ0) is 20.1. The maximum absolute atomic E-state index is 13.1. The van der Waals surface area contributed by atoms with E-state index in [0.717, 1.165) is 16.4 Å². The van der Waals surface area contributed by atoms with Crippen molar-refractivity contribution >= 4 is 37.0 Å². The average Bonchev–Trinajstić information content (AvgIpc) is 3.27. The van der Waals surface area contributed by atoms with E-state index < -0.39 is 16.3 Å². The van der Waals surface area contributed by atoms with Crippen LogP contribution in [0.3, 0.4) is 0 Å². The van der Waals surface area contributed by atoms with Crippen LogP contribution in [0.2, 0.25) is 0 Å². The lowest BCUT2D eigenvalue weighted by Crippen LogP contribution is -2.16. The van der Waals surface area contributed by atoms with Crippen molar-refractivity contribution in [1.82, 2.24) is 18.7 Å². The highest BCUT2D eigenvalue weighted by molar-refractivity contribution is 9.10. The summed E-state index contributed by atoms with van der Waals surface area (Å²) in [4.78, 5) is 4.20. The first-order chi connectivity index (χ1) is 13.2. The van der Waals surface area contributed by atoms with Crippen LogP contribution in [0.15, 0.2) is 70.6 Å². The molecule has 3 aromatic heterocycles. The number of hydrogen-bond acceptors (Lipinski definition) is 4. The Morgan fingerprint density at radius 2 is 1.75 bits per heavy atom. The van der Waals surface area contributed by atoms with E-state index in [1.807, 2.05) is 0 Å². The molecule has 0 unspecified atom stereocenters. The first-order valence-corrected chi connectivity index (χ1v) is 10.0. The van der Waals surface area contributed by atoms with Crippen molar-refractivity contribution in [1.29, 1.82) is 0 Å². The first kappa shape index (κ1) is 18.7. The second-order valence-corrected chi connectivity index (χ2v) is 8.55. The molecule has 0 saturated carbocycles. The third-order valence-electron chi connectivity index (χ3n) is 4.03. The van der Waals surface area contributed by atoms with E-state index in [9.17, 15) is 21.6 Å². The minimum atomic E-state index is -4.68. The van der Waals surface area contributed by atoms with Crippen LogP contribution in [-0.2, 0) is 16.3 Å². The van der Waals surface area contributed by atoms with Gasteiger partial charge >= 0.3 is 6.30 Å². The fourth-order valence-corrected chi connectivity index (χ4v) is 4.45. The largest absolute Gasteiger partial charge is 0.504 e. The predicted octanol–water partition coefficient (Wildman–Crippen LogP) is 4.38. The minimum Gasteiger partial charge on any atom is -0.236 e. The van der Waals surface area contributed by atoms with Crippen molar-refractivity contribution in [3.8, 4) is 11.1 Å². The molecule has 0 N–H and O–H groups in total. The molecule has 0 amide bonds. The number of alkyl halides is 3. The molecular formula is C17H10BrF3N4O2S. The lowest BCUT2D eigenvalue weighted by atomic mass is 10.1. The van der Waals surface area contributed by atoms with Crippen molar-refractivity contribution in [3.63, 3.8) is 0 Å². The van der Waals surface area contributed by atoms with Crippen molar-refractivity contribution in [3.05, 3.63) is 65.7 Å². The van der Waals surface area contributed by atoms with E-state index in [1.54, 1.807) is 24.3 Å². The molecule has 4 rings (SSSR count). The zero-order valence-corrected chi connectivity index (χ0v) is 16.2. The molecule has 28 heavy (non-hydrogen) atoms. The lowest BCUT2D eigenvalue weighted by molar-refractivity contribution is -0.212. The summed E-state index contributed by atoms with van der Waals surface area (Å²) in [6, 6.07) is 9.30. The summed E-state index contributed by atoms with van der Waals surface area (Å²) in [6.45, 7) is 0. The van der Waals surface area contributed by atoms with Crippen molar-refractivity contribution in [2.24, 2.45) is 0 Å². The number of benzene rings is 1. The lowest BCUT2D eigenvalue weighted by Gasteiger charge is -2.06. The Balaban J connectivity index is 1.97. The van der Waals surface area contributed by atoms with Crippen LogP contribution in [0.1, 0.15) is 0 Å². The van der Waals surface area contributed by atoms with Gasteiger partial charge in [-0.15, -0.1) is 13.2 Å². The Morgan fingerprint density at radius 3 is 2.39 bits per heavy atom. The third-order valence-corrected chi connectivity index (χ3v) is 6.13. The fourth-order valence-electron chi connectivity index (χ4n) is 2.77. The molecule has 0 fully saturated rings. The summed E-state index contributed by atoms with van der Waals surface area (Å²) in [5.41, 5.74) is 0.477. The summed E-state index contributed by atoms with van der Waals surface area (Å²) in [5.74, 6) is 0. The van der Waals surface area contributed by atoms with Crippen LogP contribution in [-0.4, -0.2) is 27.2 Å². The van der Waals surface area contributed by atoms with Gasteiger partial charge in [0.25, 0.3) is 10.0 Å². The topological polar surface area (TPSA) is 69.8 Å². The van der Waals surface area contributed by atoms with Crippen LogP contribution in [0.5, 0.6) is 0 Å². The smallest absolute Gasteiger partial charge is 0.236 e. The van der Waals surface area contributed by atoms with Gasteiger partial charge in [-0.05, 0) is 34.1 Å². The van der Waals surface area contributed by atoms with Gasteiger partial charge in [-0.3, -0.25) is 0 Å². The Morgan fingerprint density at radius 1 is 1.04 bits per heavy atom. The molecule has 1 aromatic carbocycles. The molecule has 0 aliphatic carbocycles. The third kappa shape index (κ3) is 3.10. The molecule has 0 saturated heterocycles. The van der Waals surface area contributed by atoms with Crippen LogP contribution >= 0.6 is 15.9 Å². The van der Waals surface area contributed by atoms with Gasteiger partial charge in [0.05, 0.1) is 11.1 Å². The van der Waals surface area contributed by atoms with Crippen molar-refractivity contribution in [2.75, 3.05) is 0 Å². The molecule has 0 radical (unpaired) electrons. The second-order valence-electron chi connectivity index (χ2n) is 5.82. The van der Waals surface area contributed by atoms with E-state index in [2.05, 4.69) is 26.0 Å². The molecule has 144 valence electrons. The molecule has 3 heterocycles. The molecule has 0 aliphatic heterocycles. The summed E-state index contributed by atoms with van der Waals surface area (Å²) >= 11 is 3.26. The Hall–Kier alpha value is -2.66. The number of halogens is 4. The van der Waals surface area contributed by atoms with Crippen LogP contribution in [0.4, 0.5) is 13.2 Å². The van der Waals surface area contributed by atoms with Gasteiger partial charge < -0.3 is 0 Å². The predicted molar refractivity (Wildman–Crippen MR) is 99.0 cm³/mol. The molecule has 6 nitrogen and oxygen atoms in total. The van der Waals surface area contributed by atoms with Gasteiger partial charge in [-0.2, -0.15) is 9.78 Å². The van der Waals surface area contributed by atoms with Crippen LogP contribution < -0.4 is 0 Å². The Bertz CT molecular complexity index is 1280. The first-order valence-electron chi connectivity index (χ1n) is 7.77. The van der Waals surface area contributed by atoms with Gasteiger partial charge in [0.2, 0.25) is 0 Å². The normalized spacial score (nSPS) is 12.6. The quantitative estimate of drug-likeness (QED) is 0.445. The summed E-state index contributed by atoms with van der Waals surface area (Å²) < 4.78 is 66.2. The number of aromatic nitrogens is 4. The van der Waals surface area contributed by atoms with Gasteiger partial charge in [0, 0.05) is 39.6 Å². The number of fused-ring (bicyclic) bond motifs is 1. The van der Waals surface area contributed by atoms with E-state index in [0.29, 0.717) is 9.86 Å². The van der Waals surface area contributed by atoms with Gasteiger partial charge in [0.15, 0.2) is 5.65 Å². The average molecular weight is 471 g/mol. The monoisotopic (exact) mass is 470 g/mol. The molecule has 0 spiro atoms. The van der Waals surface area contributed by atoms with E-state index >= 15 is 0 Å². The highest BCUT2D eigenvalue weighted by Crippen LogP contribution is 2.34. The molecule has 4 aromatic rings. The maximum Gasteiger partial charge on any atom is 0.504 e. The number of rotatable bonds is 3. The maximum atomic E-state index is 13.1. The summed E-state index contributed by atoms with van der Waals surface area (Å²) in [6.07, 6.45) is -0.171. The number of hydrogen-bond donors (Lipinski definition) is 0. The standard InChI is InChI=1S/C17H10BrF3N4O2S/c18-12-6-14-15(11-7-23-25(9-11)17(19,20)21)10-24(16(14)22-8-12)28(26,27)13-4-2-1-3-5-13/h1-10H. The number of pyridine rings is 1. The van der Waals surface area contributed by atoms with E-state index in [1.165, 1.54) is 24.5 Å². The molecule has 11 heteroatoms. The molecule has 0 aliphatic rings. The van der Waals surface area contributed by atoms with Crippen molar-refractivity contribution < 1.29 is 21.6 Å². The van der Waals surface area contributed by atoms with Gasteiger partial charge in [0.1, 0.15) is 0 Å². The van der Waals surface area contributed by atoms with E-state index in [4.69, 9.17) is 0 Å². The Kier molecular flexibility index (Phi) is 4.31. The molecular weight excluding hydrogens is 461 g/mol. The van der Waals surface area contributed by atoms with Crippen LogP contribution in [0.25, 0.3) is 22.2 Å². The Labute approximate surface area is 165 Å². The summed E-state index contributed by atoms with van der Waals surface area (Å²) in [5, 5.41) is 3.69. The SMILES string of the molecule is O=S(=O)(c1ccccc1)n1cc(-c2cnn(C(F)(F)F)c2)c2cc(Br)cnc21. The minimum absolute atomic E-state index is 0.0363. The fraction of sp³-hybridized carbons (Fsp3) is 0.0588. The van der Waals surface area contributed by atoms with Crippen molar-refractivity contribution in [2.45, 2.75) is 11.2 Å². The van der Waals surface area contributed by atoms with Gasteiger partial charge in [-0.25, -0.2) is 17.4 Å². The van der Waals surface area contributed by atoms with Crippen LogP contribution in [0, 0.1) is 0 Å². The summed E-state index contributed by atoms with van der Waals surface area (Å²) in [7, 11) is -4.00. The van der Waals surface area contributed by atoms with Gasteiger partial charge in [-0.1, -0.05) is 18.2 Å². The van der Waals surface area contributed by atoms with E-state index in [-0.39, 0.29) is 26.4 Å². The molecule has 0 atom stereocenters. The molecule has 0 bridgehead atoms. The second kappa shape index (κ2) is 6.45. The zero-order valence-electron chi connectivity index (χ0n) is 13.8.